The lowest BCUT2D eigenvalue weighted by atomic mass is 9.99. The summed E-state index contributed by atoms with van der Waals surface area (Å²) in [5.74, 6) is -1.95. The molecule has 0 spiro atoms. The molecule has 3 saturated heterocycles. The lowest BCUT2D eigenvalue weighted by Gasteiger charge is -2.36. The third-order valence-corrected chi connectivity index (χ3v) is 4.64. The van der Waals surface area contributed by atoms with Crippen molar-refractivity contribution in [3.63, 3.8) is 0 Å². The van der Waals surface area contributed by atoms with Gasteiger partial charge in [-0.05, 0) is 39.8 Å². The maximum Gasteiger partial charge on any atom is 0.338 e. The van der Waals surface area contributed by atoms with E-state index >= 15 is 0 Å². The van der Waals surface area contributed by atoms with Crippen LogP contribution < -0.4 is 0 Å². The molecule has 3 aliphatic rings. The van der Waals surface area contributed by atoms with Crippen molar-refractivity contribution in [2.45, 2.75) is 70.0 Å². The Kier molecular flexibility index (Phi) is 4.32. The fraction of sp³-hybridized carbons (Fsp3) is 0.632. The topological polar surface area (TPSA) is 72.5 Å². The highest BCUT2D eigenvalue weighted by Gasteiger charge is 2.60. The highest BCUT2D eigenvalue weighted by Crippen LogP contribution is 2.44. The minimum absolute atomic E-state index is 0.0430. The van der Waals surface area contributed by atoms with Crippen LogP contribution in [-0.2, 0) is 28.4 Å². The van der Waals surface area contributed by atoms with Gasteiger partial charge in [-0.1, -0.05) is 18.2 Å². The summed E-state index contributed by atoms with van der Waals surface area (Å²) >= 11 is 0. The molecule has 7 heteroatoms. The third-order valence-electron chi connectivity index (χ3n) is 4.64. The zero-order valence-electron chi connectivity index (χ0n) is 15.3. The third kappa shape index (κ3) is 3.37. The zero-order valence-corrected chi connectivity index (χ0v) is 15.3. The van der Waals surface area contributed by atoms with E-state index in [1.807, 2.05) is 33.8 Å². The number of benzene rings is 1. The van der Waals surface area contributed by atoms with Crippen LogP contribution in [0.15, 0.2) is 30.3 Å². The summed E-state index contributed by atoms with van der Waals surface area (Å²) in [6, 6.07) is 8.83. The van der Waals surface area contributed by atoms with Gasteiger partial charge in [0.2, 0.25) is 0 Å². The Labute approximate surface area is 152 Å². The molecule has 0 amide bonds. The van der Waals surface area contributed by atoms with Gasteiger partial charge in [-0.25, -0.2) is 4.79 Å². The zero-order chi connectivity index (χ0) is 18.5. The van der Waals surface area contributed by atoms with E-state index in [1.165, 1.54) is 0 Å². The van der Waals surface area contributed by atoms with Gasteiger partial charge in [0.1, 0.15) is 31.0 Å². The van der Waals surface area contributed by atoms with Crippen molar-refractivity contribution in [1.82, 2.24) is 0 Å². The Morgan fingerprint density at radius 1 is 0.923 bits per heavy atom. The van der Waals surface area contributed by atoms with Gasteiger partial charge in [-0.15, -0.1) is 0 Å². The first kappa shape index (κ1) is 17.9. The van der Waals surface area contributed by atoms with E-state index in [2.05, 4.69) is 0 Å². The van der Waals surface area contributed by atoms with Crippen LogP contribution in [0.3, 0.4) is 0 Å². The maximum atomic E-state index is 12.2. The van der Waals surface area contributed by atoms with Crippen molar-refractivity contribution >= 4 is 5.97 Å². The average molecular weight is 364 g/mol. The molecule has 26 heavy (non-hydrogen) atoms. The Morgan fingerprint density at radius 2 is 1.54 bits per heavy atom. The smallest absolute Gasteiger partial charge is 0.338 e. The summed E-state index contributed by atoms with van der Waals surface area (Å²) in [5.41, 5.74) is 0.489. The normalized spacial score (nSPS) is 37.0. The van der Waals surface area contributed by atoms with Gasteiger partial charge in [0.05, 0.1) is 5.56 Å². The fourth-order valence-electron chi connectivity index (χ4n) is 3.64. The molecule has 0 radical (unpaired) electrons. The van der Waals surface area contributed by atoms with Crippen molar-refractivity contribution in [3.05, 3.63) is 35.9 Å². The second-order valence-electron chi connectivity index (χ2n) is 7.67. The molecule has 0 aliphatic carbocycles. The van der Waals surface area contributed by atoms with E-state index in [4.69, 9.17) is 28.4 Å². The molecule has 1 aromatic rings. The molecule has 1 aromatic carbocycles. The number of rotatable bonds is 3. The summed E-state index contributed by atoms with van der Waals surface area (Å²) < 4.78 is 35.3. The van der Waals surface area contributed by atoms with E-state index in [1.54, 1.807) is 24.3 Å². The quantitative estimate of drug-likeness (QED) is 0.762. The van der Waals surface area contributed by atoms with Crippen molar-refractivity contribution < 1.29 is 33.2 Å². The van der Waals surface area contributed by atoms with Gasteiger partial charge in [0.15, 0.2) is 17.9 Å². The second-order valence-corrected chi connectivity index (χ2v) is 7.67. The van der Waals surface area contributed by atoms with Crippen molar-refractivity contribution in [2.24, 2.45) is 0 Å². The maximum absolute atomic E-state index is 12.2. The largest absolute Gasteiger partial charge is 0.459 e. The van der Waals surface area contributed by atoms with Crippen LogP contribution in [0.1, 0.15) is 38.1 Å². The van der Waals surface area contributed by atoms with E-state index in [-0.39, 0.29) is 12.7 Å². The van der Waals surface area contributed by atoms with E-state index < -0.39 is 42.1 Å². The van der Waals surface area contributed by atoms with Crippen LogP contribution in [0.25, 0.3) is 0 Å². The molecular weight excluding hydrogens is 340 g/mol. The molecule has 142 valence electrons. The molecule has 0 aromatic heterocycles. The number of carbonyl (C=O) groups excluding carboxylic acids is 1. The monoisotopic (exact) mass is 364 g/mol. The van der Waals surface area contributed by atoms with Gasteiger partial charge in [-0.2, -0.15) is 0 Å². The van der Waals surface area contributed by atoms with Gasteiger partial charge in [0, 0.05) is 0 Å². The number of carbonyl (C=O) groups is 1. The number of hydrogen-bond acceptors (Lipinski definition) is 7. The highest BCUT2D eigenvalue weighted by molar-refractivity contribution is 5.89. The minimum atomic E-state index is -0.772. The lowest BCUT2D eigenvalue weighted by molar-refractivity contribution is -0.240. The van der Waals surface area contributed by atoms with Crippen LogP contribution in [0.5, 0.6) is 0 Å². The molecule has 0 N–H and O–H groups in total. The fourth-order valence-corrected chi connectivity index (χ4v) is 3.64. The summed E-state index contributed by atoms with van der Waals surface area (Å²) in [4.78, 5) is 12.2. The Balaban J connectivity index is 1.48. The van der Waals surface area contributed by atoms with Crippen LogP contribution >= 0.6 is 0 Å². The van der Waals surface area contributed by atoms with Gasteiger partial charge in [-0.3, -0.25) is 0 Å². The Morgan fingerprint density at radius 3 is 2.27 bits per heavy atom. The number of hydrogen-bond donors (Lipinski definition) is 0. The molecular formula is C19H24O7. The SMILES string of the molecule is CC1(C)O[C@@H]2O[C@H](COC(=O)c3ccccc3)[C@H]3OC(C)(C)O[C@@H]3[C@H]2O1. The summed E-state index contributed by atoms with van der Waals surface area (Å²) in [7, 11) is 0. The minimum Gasteiger partial charge on any atom is -0.459 e. The van der Waals surface area contributed by atoms with E-state index in [9.17, 15) is 4.79 Å². The number of fused-ring (bicyclic) bond motifs is 3. The first-order valence-corrected chi connectivity index (χ1v) is 8.83. The highest BCUT2D eigenvalue weighted by atomic mass is 16.9. The first-order valence-electron chi connectivity index (χ1n) is 8.83. The van der Waals surface area contributed by atoms with Crippen molar-refractivity contribution in [1.29, 1.82) is 0 Å². The van der Waals surface area contributed by atoms with Crippen LogP contribution in [0, 0.1) is 0 Å². The van der Waals surface area contributed by atoms with Crippen molar-refractivity contribution in [3.8, 4) is 0 Å². The second kappa shape index (κ2) is 6.28. The van der Waals surface area contributed by atoms with Gasteiger partial charge >= 0.3 is 5.97 Å². The predicted molar refractivity (Wildman–Crippen MR) is 89.2 cm³/mol. The summed E-state index contributed by atoms with van der Waals surface area (Å²) in [6.07, 6.45) is -2.26. The van der Waals surface area contributed by atoms with E-state index in [0.29, 0.717) is 5.56 Å². The Hall–Kier alpha value is -1.51. The molecule has 0 unspecified atom stereocenters. The first-order chi connectivity index (χ1) is 12.2. The molecule has 4 rings (SSSR count). The molecule has 3 fully saturated rings. The van der Waals surface area contributed by atoms with Crippen LogP contribution in [0.4, 0.5) is 0 Å². The lowest BCUT2D eigenvalue weighted by Crippen LogP contribution is -2.56. The predicted octanol–water partition coefficient (Wildman–Crippen LogP) is 2.24. The number of ether oxygens (including phenoxy) is 6. The van der Waals surface area contributed by atoms with E-state index in [0.717, 1.165) is 0 Å². The molecule has 0 bridgehead atoms. The van der Waals surface area contributed by atoms with Gasteiger partial charge < -0.3 is 28.4 Å². The standard InChI is InChI=1S/C19H24O7/c1-18(2)23-13-12(10-21-16(20)11-8-6-5-7-9-11)22-17-15(14(13)24-18)25-19(3,4)26-17/h5-9,12-15,17H,10H2,1-4H3/t12-,13-,14+,15-,17+/m1/s1. The van der Waals surface area contributed by atoms with Crippen molar-refractivity contribution in [2.75, 3.05) is 6.61 Å². The molecule has 3 aliphatic heterocycles. The van der Waals surface area contributed by atoms with Crippen LogP contribution in [0.2, 0.25) is 0 Å². The average Bonchev–Trinajstić information content (AvgIpc) is 3.07. The molecule has 3 heterocycles. The number of esters is 1. The van der Waals surface area contributed by atoms with Crippen LogP contribution in [-0.4, -0.2) is 54.9 Å². The summed E-state index contributed by atoms with van der Waals surface area (Å²) in [6.45, 7) is 7.38. The Bertz CT molecular complexity index is 672. The molecule has 0 saturated carbocycles. The van der Waals surface area contributed by atoms with Gasteiger partial charge in [0.25, 0.3) is 0 Å². The molecule has 5 atom stereocenters. The molecule has 7 nitrogen and oxygen atoms in total. The summed E-state index contributed by atoms with van der Waals surface area (Å²) in [5, 5.41) is 0.